The summed E-state index contributed by atoms with van der Waals surface area (Å²) >= 11 is 0. The molecule has 0 fully saturated rings. The Hall–Kier alpha value is -1.02. The lowest BCUT2D eigenvalue weighted by Crippen LogP contribution is -2.47. The maximum Gasteiger partial charge on any atom is 0.0432 e. The molecule has 2 aliphatic rings. The van der Waals surface area contributed by atoms with Crippen molar-refractivity contribution in [3.05, 3.63) is 29.3 Å². The van der Waals surface area contributed by atoms with Crippen molar-refractivity contribution in [1.82, 2.24) is 4.90 Å². The third-order valence-electron chi connectivity index (χ3n) is 4.01. The number of rotatable bonds is 1. The third kappa shape index (κ3) is 1.52. The number of nitrogens with zero attached hydrogens (tertiary/aromatic N) is 2. The van der Waals surface area contributed by atoms with Crippen LogP contribution in [0.4, 0.5) is 5.69 Å². The minimum Gasteiger partial charge on any atom is -0.369 e. The second-order valence-electron chi connectivity index (χ2n) is 5.30. The highest BCUT2D eigenvalue weighted by Gasteiger charge is 2.29. The summed E-state index contributed by atoms with van der Waals surface area (Å²) in [5.41, 5.74) is 4.69. The second-order valence-corrected chi connectivity index (χ2v) is 5.30. The van der Waals surface area contributed by atoms with Crippen LogP contribution < -0.4 is 4.90 Å². The molecule has 2 aliphatic heterocycles. The molecule has 0 aliphatic carbocycles. The van der Waals surface area contributed by atoms with E-state index in [1.807, 2.05) is 0 Å². The molecule has 1 unspecified atom stereocenters. The molecule has 86 valence electrons. The molecule has 0 spiro atoms. The quantitative estimate of drug-likeness (QED) is 0.707. The smallest absolute Gasteiger partial charge is 0.0432 e. The molecule has 0 saturated heterocycles. The maximum absolute atomic E-state index is 2.60. The minimum atomic E-state index is 0.681. The van der Waals surface area contributed by atoms with Gasteiger partial charge in [0, 0.05) is 24.8 Å². The minimum absolute atomic E-state index is 0.681. The van der Waals surface area contributed by atoms with Crippen LogP contribution in [0.15, 0.2) is 18.2 Å². The lowest BCUT2D eigenvalue weighted by Gasteiger charge is -2.42. The van der Waals surface area contributed by atoms with Gasteiger partial charge in [-0.15, -0.1) is 0 Å². The molecule has 0 amide bonds. The maximum atomic E-state index is 2.60. The van der Waals surface area contributed by atoms with E-state index < -0.39 is 0 Å². The van der Waals surface area contributed by atoms with Crippen LogP contribution >= 0.6 is 0 Å². The van der Waals surface area contributed by atoms with Crippen LogP contribution in [0.5, 0.6) is 0 Å². The Balaban J connectivity index is 2.02. The van der Waals surface area contributed by atoms with E-state index in [2.05, 4.69) is 42.1 Å². The van der Waals surface area contributed by atoms with E-state index in [4.69, 9.17) is 0 Å². The van der Waals surface area contributed by atoms with Crippen LogP contribution in [0, 0.1) is 0 Å². The van der Waals surface area contributed by atoms with E-state index in [-0.39, 0.29) is 0 Å². The predicted molar refractivity (Wildman–Crippen MR) is 68.2 cm³/mol. The van der Waals surface area contributed by atoms with Crippen LogP contribution in [-0.4, -0.2) is 38.1 Å². The summed E-state index contributed by atoms with van der Waals surface area (Å²) in [7, 11) is 4.40. The van der Waals surface area contributed by atoms with Gasteiger partial charge in [-0.25, -0.2) is 0 Å². The van der Waals surface area contributed by atoms with Gasteiger partial charge in [0.2, 0.25) is 0 Å². The molecular weight excluding hydrogens is 196 g/mol. The Labute approximate surface area is 97.9 Å². The van der Waals surface area contributed by atoms with Gasteiger partial charge >= 0.3 is 0 Å². The number of aryl methyl sites for hydroxylation is 1. The topological polar surface area (TPSA) is 6.48 Å². The molecule has 16 heavy (non-hydrogen) atoms. The number of hydrogen-bond donors (Lipinski definition) is 0. The molecule has 0 N–H and O–H groups in total. The molecule has 1 atom stereocenters. The molecule has 0 bridgehead atoms. The van der Waals surface area contributed by atoms with E-state index in [9.17, 15) is 0 Å². The first kappa shape index (κ1) is 10.2. The highest BCUT2D eigenvalue weighted by atomic mass is 15.2. The second kappa shape index (κ2) is 3.77. The Morgan fingerprint density at radius 1 is 1.25 bits per heavy atom. The SMILES string of the molecule is CN(C)C1Cc2cccc3c2N(CCC3)C1. The van der Waals surface area contributed by atoms with Crippen molar-refractivity contribution in [2.24, 2.45) is 0 Å². The number of likely N-dealkylation sites (N-methyl/N-ethyl adjacent to an activating group) is 1. The van der Waals surface area contributed by atoms with E-state index in [0.29, 0.717) is 6.04 Å². The third-order valence-corrected chi connectivity index (χ3v) is 4.01. The summed E-state index contributed by atoms with van der Waals surface area (Å²) in [5.74, 6) is 0. The first-order valence-electron chi connectivity index (χ1n) is 6.28. The molecule has 3 rings (SSSR count). The van der Waals surface area contributed by atoms with E-state index in [1.54, 1.807) is 16.8 Å². The number of para-hydroxylation sites is 1. The Morgan fingerprint density at radius 3 is 2.88 bits per heavy atom. The van der Waals surface area contributed by atoms with Crippen LogP contribution in [0.1, 0.15) is 17.5 Å². The summed E-state index contributed by atoms with van der Waals surface area (Å²) in [4.78, 5) is 4.96. The van der Waals surface area contributed by atoms with Crippen molar-refractivity contribution in [1.29, 1.82) is 0 Å². The molecule has 2 heteroatoms. The summed E-state index contributed by atoms with van der Waals surface area (Å²) in [6, 6.07) is 7.53. The first-order valence-corrected chi connectivity index (χ1v) is 6.28. The molecule has 0 saturated carbocycles. The molecular formula is C14H20N2. The van der Waals surface area contributed by atoms with Crippen molar-refractivity contribution in [2.75, 3.05) is 32.1 Å². The highest BCUT2D eigenvalue weighted by molar-refractivity contribution is 5.63. The van der Waals surface area contributed by atoms with Gasteiger partial charge in [0.15, 0.2) is 0 Å². The van der Waals surface area contributed by atoms with Crippen molar-refractivity contribution >= 4 is 5.69 Å². The van der Waals surface area contributed by atoms with E-state index in [1.165, 1.54) is 32.4 Å². The van der Waals surface area contributed by atoms with Gasteiger partial charge in [-0.1, -0.05) is 18.2 Å². The lowest BCUT2D eigenvalue weighted by molar-refractivity contribution is 0.284. The van der Waals surface area contributed by atoms with Gasteiger partial charge in [-0.05, 0) is 44.5 Å². The van der Waals surface area contributed by atoms with Gasteiger partial charge in [-0.3, -0.25) is 0 Å². The standard InChI is InChI=1S/C14H20N2/c1-15(2)13-9-12-6-3-5-11-7-4-8-16(10-13)14(11)12/h3,5-6,13H,4,7-10H2,1-2H3. The number of hydrogen-bond acceptors (Lipinski definition) is 2. The Kier molecular flexibility index (Phi) is 2.40. The molecule has 1 aromatic rings. The normalized spacial score (nSPS) is 23.4. The summed E-state index contributed by atoms with van der Waals surface area (Å²) in [5, 5.41) is 0. The fourth-order valence-electron chi connectivity index (χ4n) is 3.09. The van der Waals surface area contributed by atoms with Crippen molar-refractivity contribution in [3.8, 4) is 0 Å². The monoisotopic (exact) mass is 216 g/mol. The fraction of sp³-hybridized carbons (Fsp3) is 0.571. The summed E-state index contributed by atoms with van der Waals surface area (Å²) < 4.78 is 0. The molecule has 2 heterocycles. The van der Waals surface area contributed by atoms with Gasteiger partial charge in [0.25, 0.3) is 0 Å². The van der Waals surface area contributed by atoms with E-state index >= 15 is 0 Å². The Bertz CT molecular complexity index is 398. The average Bonchev–Trinajstić information content (AvgIpc) is 2.29. The predicted octanol–water partition coefficient (Wildman–Crippen LogP) is 1.93. The van der Waals surface area contributed by atoms with Gasteiger partial charge in [-0.2, -0.15) is 0 Å². The summed E-state index contributed by atoms with van der Waals surface area (Å²) in [6.45, 7) is 2.45. The molecule has 1 aromatic carbocycles. The van der Waals surface area contributed by atoms with Crippen LogP contribution in [-0.2, 0) is 12.8 Å². The first-order chi connectivity index (χ1) is 7.75. The zero-order valence-corrected chi connectivity index (χ0v) is 10.2. The summed E-state index contributed by atoms with van der Waals surface area (Å²) in [6.07, 6.45) is 3.80. The van der Waals surface area contributed by atoms with Gasteiger partial charge in [0.05, 0.1) is 0 Å². The molecule has 0 aromatic heterocycles. The molecule has 0 radical (unpaired) electrons. The highest BCUT2D eigenvalue weighted by Crippen LogP contribution is 2.35. The van der Waals surface area contributed by atoms with Gasteiger partial charge < -0.3 is 9.80 Å². The Morgan fingerprint density at radius 2 is 2.06 bits per heavy atom. The van der Waals surface area contributed by atoms with Gasteiger partial charge in [0.1, 0.15) is 0 Å². The van der Waals surface area contributed by atoms with E-state index in [0.717, 1.165) is 0 Å². The van der Waals surface area contributed by atoms with Crippen molar-refractivity contribution in [3.63, 3.8) is 0 Å². The zero-order chi connectivity index (χ0) is 11.1. The van der Waals surface area contributed by atoms with Crippen LogP contribution in [0.25, 0.3) is 0 Å². The van der Waals surface area contributed by atoms with Crippen LogP contribution in [0.2, 0.25) is 0 Å². The largest absolute Gasteiger partial charge is 0.369 e. The van der Waals surface area contributed by atoms with Crippen LogP contribution in [0.3, 0.4) is 0 Å². The fourth-order valence-corrected chi connectivity index (χ4v) is 3.09. The molecule has 2 nitrogen and oxygen atoms in total. The number of benzene rings is 1. The average molecular weight is 216 g/mol. The zero-order valence-electron chi connectivity index (χ0n) is 10.2. The van der Waals surface area contributed by atoms with Crippen molar-refractivity contribution in [2.45, 2.75) is 25.3 Å². The number of anilines is 1. The lowest BCUT2D eigenvalue weighted by atomic mass is 9.90. The van der Waals surface area contributed by atoms with Crippen molar-refractivity contribution < 1.29 is 0 Å².